The molecule has 0 spiro atoms. The molecule has 172 valence electrons. The predicted molar refractivity (Wildman–Crippen MR) is 124 cm³/mol. The summed E-state index contributed by atoms with van der Waals surface area (Å²) < 4.78 is 33.1. The Bertz CT molecular complexity index is 1330. The van der Waals surface area contributed by atoms with Crippen molar-refractivity contribution in [2.75, 3.05) is 7.05 Å². The number of likely N-dealkylation sites (N-methyl/N-ethyl adjacent to an activating group) is 1. The second-order valence-electron chi connectivity index (χ2n) is 7.60. The number of hydrogen-bond donors (Lipinski definition) is 1. The molecule has 1 aliphatic heterocycles. The first-order valence-corrected chi connectivity index (χ1v) is 12.5. The molecule has 0 saturated heterocycles. The molecule has 0 bridgehead atoms. The van der Waals surface area contributed by atoms with Gasteiger partial charge >= 0.3 is 5.97 Å². The summed E-state index contributed by atoms with van der Waals surface area (Å²) in [7, 11) is -2.09. The van der Waals surface area contributed by atoms with Crippen LogP contribution in [-0.2, 0) is 30.9 Å². The number of amides is 1. The molecule has 33 heavy (non-hydrogen) atoms. The lowest BCUT2D eigenvalue weighted by atomic mass is 10.2. The van der Waals surface area contributed by atoms with Crippen molar-refractivity contribution in [1.82, 2.24) is 14.6 Å². The third-order valence-corrected chi connectivity index (χ3v) is 7.47. The van der Waals surface area contributed by atoms with E-state index in [1.54, 1.807) is 25.2 Å². The smallest absolute Gasteiger partial charge is 0.331 e. The minimum atomic E-state index is -3.71. The third kappa shape index (κ3) is 4.74. The van der Waals surface area contributed by atoms with Crippen molar-refractivity contribution in [1.29, 1.82) is 0 Å². The van der Waals surface area contributed by atoms with Crippen molar-refractivity contribution in [2.24, 2.45) is 4.99 Å². The molecule has 0 radical (unpaired) electrons. The molecular weight excluding hydrogens is 464 g/mol. The Hall–Kier alpha value is -3.31. The van der Waals surface area contributed by atoms with E-state index in [1.165, 1.54) is 36.2 Å². The summed E-state index contributed by atoms with van der Waals surface area (Å²) >= 11 is 1.50. The van der Waals surface area contributed by atoms with Crippen LogP contribution in [0.15, 0.2) is 58.4 Å². The van der Waals surface area contributed by atoms with Crippen LogP contribution in [0.25, 0.3) is 10.2 Å². The van der Waals surface area contributed by atoms with E-state index in [1.807, 2.05) is 24.3 Å². The number of carbonyl (C=O) groups is 2. The van der Waals surface area contributed by atoms with Crippen LogP contribution in [0.3, 0.4) is 0 Å². The number of aromatic nitrogens is 1. The van der Waals surface area contributed by atoms with Gasteiger partial charge in [0.15, 0.2) is 6.10 Å². The fourth-order valence-electron chi connectivity index (χ4n) is 3.38. The second-order valence-corrected chi connectivity index (χ2v) is 10.4. The van der Waals surface area contributed by atoms with Gasteiger partial charge in [-0.1, -0.05) is 24.3 Å². The maximum atomic E-state index is 12.7. The fourth-order valence-corrected chi connectivity index (χ4v) is 5.64. The number of benzene rings is 2. The first-order chi connectivity index (χ1) is 15.7. The number of carbonyl (C=O) groups excluding carboxylic acids is 2. The van der Waals surface area contributed by atoms with Crippen molar-refractivity contribution >= 4 is 49.3 Å². The Kier molecular flexibility index (Phi) is 6.17. The number of ether oxygens (including phenoxy) is 1. The van der Waals surface area contributed by atoms with Crippen LogP contribution < -0.4 is 4.72 Å². The summed E-state index contributed by atoms with van der Waals surface area (Å²) in [6.45, 7) is 3.26. The number of fused-ring (bicyclic) bond motifs is 2. The fraction of sp³-hybridized carbons (Fsp3) is 0.273. The molecule has 0 aliphatic carbocycles. The maximum absolute atomic E-state index is 12.7. The molecule has 2 heterocycles. The molecule has 0 saturated carbocycles. The van der Waals surface area contributed by atoms with E-state index in [0.717, 1.165) is 15.2 Å². The quantitative estimate of drug-likeness (QED) is 0.534. The van der Waals surface area contributed by atoms with E-state index in [0.29, 0.717) is 5.56 Å². The van der Waals surface area contributed by atoms with E-state index in [2.05, 4.69) is 14.7 Å². The zero-order valence-electron chi connectivity index (χ0n) is 18.2. The number of hydrogen-bond acceptors (Lipinski definition) is 8. The Morgan fingerprint density at radius 1 is 1.15 bits per heavy atom. The SMILES string of the molecule is CC(OC(=O)[C@H](C)N=C1NS(=O)(=O)c2ccccc21)C(=O)N(C)Cc1nc2ccccc2s1. The van der Waals surface area contributed by atoms with Crippen molar-refractivity contribution < 1.29 is 22.7 Å². The van der Waals surface area contributed by atoms with Gasteiger partial charge in [0.1, 0.15) is 16.9 Å². The number of sulfonamides is 1. The molecule has 1 aliphatic rings. The molecular formula is C22H22N4O5S2. The predicted octanol–water partition coefficient (Wildman–Crippen LogP) is 2.31. The van der Waals surface area contributed by atoms with Crippen LogP contribution in [-0.4, -0.2) is 55.2 Å². The number of nitrogens with one attached hydrogen (secondary N) is 1. The van der Waals surface area contributed by atoms with Crippen LogP contribution in [0.5, 0.6) is 0 Å². The minimum absolute atomic E-state index is 0.0713. The lowest BCUT2D eigenvalue weighted by Gasteiger charge is -2.21. The molecule has 0 fully saturated rings. The largest absolute Gasteiger partial charge is 0.451 e. The first kappa shape index (κ1) is 22.9. The number of esters is 1. The Morgan fingerprint density at radius 3 is 2.61 bits per heavy atom. The highest BCUT2D eigenvalue weighted by Gasteiger charge is 2.32. The van der Waals surface area contributed by atoms with Gasteiger partial charge in [-0.15, -0.1) is 11.3 Å². The van der Waals surface area contributed by atoms with Crippen molar-refractivity contribution in [3.8, 4) is 0 Å². The van der Waals surface area contributed by atoms with Crippen LogP contribution >= 0.6 is 11.3 Å². The van der Waals surface area contributed by atoms with Crippen molar-refractivity contribution in [3.05, 3.63) is 59.1 Å². The third-order valence-electron chi connectivity index (χ3n) is 5.05. The summed E-state index contributed by atoms with van der Waals surface area (Å²) in [5, 5.41) is 0.775. The normalized spacial score (nSPS) is 17.2. The molecule has 11 heteroatoms. The van der Waals surface area contributed by atoms with Gasteiger partial charge in [0, 0.05) is 12.6 Å². The zero-order chi connectivity index (χ0) is 23.8. The van der Waals surface area contributed by atoms with Crippen molar-refractivity contribution in [3.63, 3.8) is 0 Å². The van der Waals surface area contributed by atoms with E-state index < -0.39 is 28.1 Å². The summed E-state index contributed by atoms with van der Waals surface area (Å²) in [6.07, 6.45) is -1.04. The first-order valence-electron chi connectivity index (χ1n) is 10.2. The van der Waals surface area contributed by atoms with Gasteiger partial charge in [-0.25, -0.2) is 18.2 Å². The molecule has 2 aromatic carbocycles. The van der Waals surface area contributed by atoms with Gasteiger partial charge in [-0.3, -0.25) is 14.5 Å². The maximum Gasteiger partial charge on any atom is 0.331 e. The van der Waals surface area contributed by atoms with Gasteiger partial charge < -0.3 is 9.64 Å². The molecule has 1 N–H and O–H groups in total. The number of amidine groups is 1. The van der Waals surface area contributed by atoms with Gasteiger partial charge in [0.25, 0.3) is 15.9 Å². The zero-order valence-corrected chi connectivity index (χ0v) is 19.8. The Balaban J connectivity index is 1.39. The molecule has 3 aromatic rings. The van der Waals surface area contributed by atoms with Gasteiger partial charge in [-0.05, 0) is 38.1 Å². The highest BCUT2D eigenvalue weighted by Crippen LogP contribution is 2.24. The minimum Gasteiger partial charge on any atom is -0.451 e. The van der Waals surface area contributed by atoms with Gasteiger partial charge in [0.2, 0.25) is 0 Å². The summed E-state index contributed by atoms with van der Waals surface area (Å²) in [5.41, 5.74) is 1.26. The Morgan fingerprint density at radius 2 is 1.85 bits per heavy atom. The standard InChI is InChI=1S/C22H22N4O5S2/c1-13(23-20-15-8-4-7-11-18(15)33(29,30)25-20)22(28)31-14(2)21(27)26(3)12-19-24-16-9-5-6-10-17(16)32-19/h4-11,13-14H,12H2,1-3H3,(H,23,25)/t13-,14?/m0/s1. The number of nitrogens with zero attached hydrogens (tertiary/aromatic N) is 3. The van der Waals surface area contributed by atoms with Crippen LogP contribution in [0.1, 0.15) is 24.4 Å². The van der Waals surface area contributed by atoms with Crippen molar-refractivity contribution in [2.45, 2.75) is 37.4 Å². The number of thiazole rings is 1. The molecule has 9 nitrogen and oxygen atoms in total. The van der Waals surface area contributed by atoms with E-state index in [4.69, 9.17) is 4.74 Å². The number of aliphatic imine (C=N–C) groups is 1. The van der Waals surface area contributed by atoms with E-state index in [-0.39, 0.29) is 23.2 Å². The summed E-state index contributed by atoms with van der Waals surface area (Å²) in [6, 6.07) is 13.1. The average Bonchev–Trinajstić information content (AvgIpc) is 3.30. The van der Waals surface area contributed by atoms with E-state index in [9.17, 15) is 18.0 Å². The van der Waals surface area contributed by atoms with E-state index >= 15 is 0 Å². The van der Waals surface area contributed by atoms with Gasteiger partial charge in [0.05, 0.1) is 21.7 Å². The molecule has 1 unspecified atom stereocenters. The highest BCUT2D eigenvalue weighted by atomic mass is 32.2. The summed E-state index contributed by atoms with van der Waals surface area (Å²) in [4.78, 5) is 35.5. The number of para-hydroxylation sites is 1. The van der Waals surface area contributed by atoms with Crippen LogP contribution in [0.2, 0.25) is 0 Å². The monoisotopic (exact) mass is 486 g/mol. The molecule has 4 rings (SSSR count). The summed E-state index contributed by atoms with van der Waals surface area (Å²) in [5.74, 6) is -1.04. The lowest BCUT2D eigenvalue weighted by molar-refractivity contribution is -0.159. The highest BCUT2D eigenvalue weighted by molar-refractivity contribution is 7.90. The lowest BCUT2D eigenvalue weighted by Crippen LogP contribution is -2.38. The van der Waals surface area contributed by atoms with Crippen LogP contribution in [0.4, 0.5) is 0 Å². The molecule has 1 amide bonds. The molecule has 2 atom stereocenters. The Labute approximate surface area is 195 Å². The van der Waals surface area contributed by atoms with Crippen LogP contribution in [0, 0.1) is 0 Å². The average molecular weight is 487 g/mol. The topological polar surface area (TPSA) is 118 Å². The number of rotatable bonds is 6. The second kappa shape index (κ2) is 8.91. The van der Waals surface area contributed by atoms with Gasteiger partial charge in [-0.2, -0.15) is 0 Å². The molecule has 1 aromatic heterocycles.